The van der Waals surface area contributed by atoms with Gasteiger partial charge in [-0.25, -0.2) is 8.42 Å². The second kappa shape index (κ2) is 5.39. The van der Waals surface area contributed by atoms with E-state index in [0.717, 1.165) is 6.26 Å². The Kier molecular flexibility index (Phi) is 4.34. The lowest BCUT2D eigenvalue weighted by Gasteiger charge is -2.24. The summed E-state index contributed by atoms with van der Waals surface area (Å²) in [5, 5.41) is -1.06. The van der Waals surface area contributed by atoms with Gasteiger partial charge in [-0.05, 0) is 32.0 Å². The molecule has 18 heavy (non-hydrogen) atoms. The van der Waals surface area contributed by atoms with Gasteiger partial charge in [-0.15, -0.1) is 0 Å². The normalized spacial score (nSPS) is 13.1. The number of hydrogen-bond donors (Lipinski definition) is 1. The Morgan fingerprint density at radius 3 is 2.50 bits per heavy atom. The second-order valence-corrected chi connectivity index (χ2v) is 6.52. The Labute approximate surface area is 108 Å². The smallest absolute Gasteiger partial charge is 0.245 e. The molecule has 0 spiro atoms. The Bertz CT molecular complexity index is 540. The van der Waals surface area contributed by atoms with E-state index in [1.165, 1.54) is 11.8 Å². The van der Waals surface area contributed by atoms with Gasteiger partial charge in [0.05, 0.1) is 0 Å². The lowest BCUT2D eigenvalue weighted by molar-refractivity contribution is -0.117. The summed E-state index contributed by atoms with van der Waals surface area (Å²) in [4.78, 5) is 13.6. The Morgan fingerprint density at radius 1 is 1.44 bits per heavy atom. The summed E-state index contributed by atoms with van der Waals surface area (Å²) in [5.74, 6) is -0.439. The SMILES string of the molecule is CCN(C(=O)C(C)S(C)(=O)=O)c1cccc(N)c1. The van der Waals surface area contributed by atoms with Gasteiger partial charge in [0.1, 0.15) is 5.25 Å². The number of benzene rings is 1. The predicted molar refractivity (Wildman–Crippen MR) is 73.2 cm³/mol. The van der Waals surface area contributed by atoms with E-state index in [-0.39, 0.29) is 0 Å². The molecule has 0 aromatic heterocycles. The van der Waals surface area contributed by atoms with Crippen LogP contribution >= 0.6 is 0 Å². The van der Waals surface area contributed by atoms with Crippen LogP contribution < -0.4 is 10.6 Å². The van der Waals surface area contributed by atoms with E-state index in [1.807, 2.05) is 0 Å². The Morgan fingerprint density at radius 2 is 2.06 bits per heavy atom. The van der Waals surface area contributed by atoms with Gasteiger partial charge in [-0.1, -0.05) is 6.07 Å². The first-order chi connectivity index (χ1) is 8.27. The van der Waals surface area contributed by atoms with Crippen molar-refractivity contribution < 1.29 is 13.2 Å². The van der Waals surface area contributed by atoms with Crippen molar-refractivity contribution in [3.8, 4) is 0 Å². The van der Waals surface area contributed by atoms with Crippen LogP contribution in [0.1, 0.15) is 13.8 Å². The molecule has 0 fully saturated rings. The Hall–Kier alpha value is -1.56. The van der Waals surface area contributed by atoms with Gasteiger partial charge in [0.25, 0.3) is 0 Å². The van der Waals surface area contributed by atoms with Crippen LogP contribution in [-0.4, -0.2) is 32.4 Å². The average molecular weight is 270 g/mol. The van der Waals surface area contributed by atoms with Crippen LogP contribution in [0, 0.1) is 0 Å². The van der Waals surface area contributed by atoms with E-state index >= 15 is 0 Å². The summed E-state index contributed by atoms with van der Waals surface area (Å²) in [7, 11) is -3.40. The molecule has 6 heteroatoms. The van der Waals surface area contributed by atoms with Crippen LogP contribution in [0.25, 0.3) is 0 Å². The maximum atomic E-state index is 12.1. The van der Waals surface area contributed by atoms with Gasteiger partial charge >= 0.3 is 0 Å². The first-order valence-electron chi connectivity index (χ1n) is 5.63. The third-order valence-electron chi connectivity index (χ3n) is 2.75. The minimum absolute atomic E-state index is 0.391. The molecule has 1 unspecified atom stereocenters. The number of amides is 1. The molecule has 1 rings (SSSR count). The largest absolute Gasteiger partial charge is 0.399 e. The van der Waals surface area contributed by atoms with E-state index in [1.54, 1.807) is 31.2 Å². The zero-order valence-corrected chi connectivity index (χ0v) is 11.6. The fraction of sp³-hybridized carbons (Fsp3) is 0.417. The molecule has 0 saturated heterocycles. The third-order valence-corrected chi connectivity index (χ3v) is 4.24. The van der Waals surface area contributed by atoms with Crippen molar-refractivity contribution in [1.29, 1.82) is 0 Å². The standard InChI is InChI=1S/C12H18N2O3S/c1-4-14(11-7-5-6-10(13)8-11)12(15)9(2)18(3,16)17/h5-9H,4,13H2,1-3H3. The van der Waals surface area contributed by atoms with Crippen LogP contribution in [0.5, 0.6) is 0 Å². The highest BCUT2D eigenvalue weighted by molar-refractivity contribution is 7.92. The maximum absolute atomic E-state index is 12.1. The minimum Gasteiger partial charge on any atom is -0.399 e. The van der Waals surface area contributed by atoms with Gasteiger partial charge in [0.2, 0.25) is 5.91 Å². The van der Waals surface area contributed by atoms with Crippen molar-refractivity contribution in [2.24, 2.45) is 0 Å². The molecule has 2 N–H and O–H groups in total. The lowest BCUT2D eigenvalue weighted by atomic mass is 10.2. The fourth-order valence-electron chi connectivity index (χ4n) is 1.56. The number of rotatable bonds is 4. The first-order valence-corrected chi connectivity index (χ1v) is 7.58. The molecule has 1 aromatic rings. The van der Waals surface area contributed by atoms with Gasteiger partial charge in [-0.3, -0.25) is 4.79 Å². The molecule has 0 bridgehead atoms. The Balaban J connectivity index is 3.08. The average Bonchev–Trinajstić information content (AvgIpc) is 2.27. The van der Waals surface area contributed by atoms with E-state index in [9.17, 15) is 13.2 Å². The summed E-state index contributed by atoms with van der Waals surface area (Å²) >= 11 is 0. The summed E-state index contributed by atoms with van der Waals surface area (Å²) in [6.45, 7) is 3.57. The number of carbonyl (C=O) groups is 1. The summed E-state index contributed by atoms with van der Waals surface area (Å²) in [6, 6.07) is 6.82. The number of sulfone groups is 1. The molecular formula is C12H18N2O3S. The predicted octanol–water partition coefficient (Wildman–Crippen LogP) is 1.05. The van der Waals surface area contributed by atoms with E-state index in [2.05, 4.69) is 0 Å². The van der Waals surface area contributed by atoms with Crippen LogP contribution in [0.4, 0.5) is 11.4 Å². The van der Waals surface area contributed by atoms with Gasteiger partial charge < -0.3 is 10.6 Å². The number of nitrogens with zero attached hydrogens (tertiary/aromatic N) is 1. The molecular weight excluding hydrogens is 252 g/mol. The van der Waals surface area contributed by atoms with Crippen molar-refractivity contribution in [1.82, 2.24) is 0 Å². The summed E-state index contributed by atoms with van der Waals surface area (Å²) < 4.78 is 22.8. The zero-order chi connectivity index (χ0) is 13.9. The first kappa shape index (κ1) is 14.5. The number of anilines is 2. The van der Waals surface area contributed by atoms with Crippen molar-refractivity contribution in [3.05, 3.63) is 24.3 Å². The number of nitrogens with two attached hydrogens (primary N) is 1. The summed E-state index contributed by atoms with van der Waals surface area (Å²) in [6.07, 6.45) is 1.06. The molecule has 1 amide bonds. The van der Waals surface area contributed by atoms with Crippen LogP contribution in [0.15, 0.2) is 24.3 Å². The number of nitrogen functional groups attached to an aromatic ring is 1. The topological polar surface area (TPSA) is 80.5 Å². The zero-order valence-electron chi connectivity index (χ0n) is 10.8. The molecule has 5 nitrogen and oxygen atoms in total. The molecule has 100 valence electrons. The molecule has 0 aliphatic carbocycles. The summed E-state index contributed by atoms with van der Waals surface area (Å²) in [5.41, 5.74) is 6.80. The fourth-order valence-corrected chi connectivity index (χ4v) is 2.05. The molecule has 0 saturated carbocycles. The van der Waals surface area contributed by atoms with Crippen molar-refractivity contribution in [2.75, 3.05) is 23.4 Å². The van der Waals surface area contributed by atoms with Crippen molar-refractivity contribution in [3.63, 3.8) is 0 Å². The number of carbonyl (C=O) groups excluding carboxylic acids is 1. The monoisotopic (exact) mass is 270 g/mol. The highest BCUT2D eigenvalue weighted by atomic mass is 32.2. The minimum atomic E-state index is -3.40. The van der Waals surface area contributed by atoms with E-state index in [0.29, 0.717) is 17.9 Å². The van der Waals surface area contributed by atoms with E-state index in [4.69, 9.17) is 5.73 Å². The van der Waals surface area contributed by atoms with Crippen molar-refractivity contribution >= 4 is 27.1 Å². The van der Waals surface area contributed by atoms with Gasteiger partial charge in [0.15, 0.2) is 9.84 Å². The van der Waals surface area contributed by atoms with Gasteiger partial charge in [0, 0.05) is 24.2 Å². The lowest BCUT2D eigenvalue weighted by Crippen LogP contribution is -2.41. The molecule has 0 heterocycles. The third kappa shape index (κ3) is 3.22. The molecule has 1 aromatic carbocycles. The van der Waals surface area contributed by atoms with E-state index < -0.39 is 21.0 Å². The quantitative estimate of drug-likeness (QED) is 0.829. The van der Waals surface area contributed by atoms with Crippen molar-refractivity contribution in [2.45, 2.75) is 19.1 Å². The highest BCUT2D eigenvalue weighted by Crippen LogP contribution is 2.19. The molecule has 1 atom stereocenters. The molecule has 0 aliphatic rings. The second-order valence-electron chi connectivity index (χ2n) is 4.15. The number of hydrogen-bond acceptors (Lipinski definition) is 4. The van der Waals surface area contributed by atoms with Crippen LogP contribution in [0.2, 0.25) is 0 Å². The maximum Gasteiger partial charge on any atom is 0.245 e. The van der Waals surface area contributed by atoms with Crippen LogP contribution in [-0.2, 0) is 14.6 Å². The molecule has 0 radical (unpaired) electrons. The highest BCUT2D eigenvalue weighted by Gasteiger charge is 2.28. The van der Waals surface area contributed by atoms with Crippen LogP contribution in [0.3, 0.4) is 0 Å². The molecule has 0 aliphatic heterocycles. The van der Waals surface area contributed by atoms with Gasteiger partial charge in [-0.2, -0.15) is 0 Å².